The Bertz CT molecular complexity index is 1790. The molecule has 5 aromatic carbocycles. The molecule has 0 aliphatic carbocycles. The number of anilines is 4. The summed E-state index contributed by atoms with van der Waals surface area (Å²) >= 11 is 0. The molecule has 0 bridgehead atoms. The van der Waals surface area contributed by atoms with Gasteiger partial charge in [0.15, 0.2) is 0 Å². The fourth-order valence-corrected chi connectivity index (χ4v) is 5.71. The molecule has 0 aliphatic heterocycles. The molecular weight excluding hydrogens is 576 g/mol. The molecule has 6 heteroatoms. The Morgan fingerprint density at radius 3 is 1.57 bits per heavy atom. The molecule has 0 aromatic heterocycles. The molecule has 2 N–H and O–H groups in total. The van der Waals surface area contributed by atoms with E-state index in [9.17, 15) is 0 Å². The van der Waals surface area contributed by atoms with E-state index < -0.39 is 0 Å². The predicted molar refractivity (Wildman–Crippen MR) is 205 cm³/mol. The van der Waals surface area contributed by atoms with Gasteiger partial charge in [0.1, 0.15) is 0 Å². The summed E-state index contributed by atoms with van der Waals surface area (Å²) in [6.07, 6.45) is 2.00. The lowest BCUT2D eigenvalue weighted by molar-refractivity contribution is 1.00. The fraction of sp³-hybridized carbons (Fsp3) is 0.268. The van der Waals surface area contributed by atoms with Crippen LogP contribution in [0.25, 0.3) is 10.8 Å². The maximum atomic E-state index is 8.78. The van der Waals surface area contributed by atoms with E-state index in [2.05, 4.69) is 149 Å². The van der Waals surface area contributed by atoms with E-state index in [4.69, 9.17) is 10.8 Å². The lowest BCUT2D eigenvalue weighted by Crippen LogP contribution is -2.42. The van der Waals surface area contributed by atoms with Crippen molar-refractivity contribution in [1.29, 1.82) is 10.8 Å². The third-order valence-electron chi connectivity index (χ3n) is 8.56. The van der Waals surface area contributed by atoms with Crippen molar-refractivity contribution in [3.8, 4) is 0 Å². The number of nitrogens with zero attached hydrogens (tertiary/aromatic N) is 4. The van der Waals surface area contributed by atoms with Crippen LogP contribution in [0.4, 0.5) is 22.7 Å². The van der Waals surface area contributed by atoms with Crippen LogP contribution in [-0.2, 0) is 12.8 Å². The Kier molecular flexibility index (Phi) is 12.2. The van der Waals surface area contributed by atoms with Gasteiger partial charge in [0.05, 0.1) is 5.69 Å². The number of hydrogen-bond acceptors (Lipinski definition) is 2. The zero-order valence-electron chi connectivity index (χ0n) is 29.1. The lowest BCUT2D eigenvalue weighted by atomic mass is 10.1. The highest BCUT2D eigenvalue weighted by atomic mass is 15.4. The van der Waals surface area contributed by atoms with Gasteiger partial charge in [-0.3, -0.25) is 10.8 Å². The first-order valence-corrected chi connectivity index (χ1v) is 16.6. The molecule has 0 saturated heterocycles. The van der Waals surface area contributed by atoms with Crippen molar-refractivity contribution in [2.75, 3.05) is 46.8 Å². The summed E-state index contributed by atoms with van der Waals surface area (Å²) in [6.45, 7) is 12.0. The van der Waals surface area contributed by atoms with Crippen LogP contribution >= 0.6 is 0 Å². The zero-order chi connectivity index (χ0) is 33.9. The van der Waals surface area contributed by atoms with Gasteiger partial charge in [-0.25, -0.2) is 0 Å². The summed E-state index contributed by atoms with van der Waals surface area (Å²) in [6, 6.07) is 39.7. The first-order valence-electron chi connectivity index (χ1n) is 16.6. The number of nitrogens with one attached hydrogen (secondary N) is 2. The molecule has 0 spiro atoms. The van der Waals surface area contributed by atoms with Crippen LogP contribution < -0.4 is 19.6 Å². The van der Waals surface area contributed by atoms with Crippen molar-refractivity contribution in [1.82, 2.24) is 0 Å². The Hall–Kier alpha value is -5.10. The number of guanidine groups is 2. The van der Waals surface area contributed by atoms with Crippen molar-refractivity contribution >= 4 is 45.4 Å². The highest BCUT2D eigenvalue weighted by Gasteiger charge is 2.18. The van der Waals surface area contributed by atoms with E-state index in [0.717, 1.165) is 48.7 Å². The molecule has 5 aromatic rings. The zero-order valence-corrected chi connectivity index (χ0v) is 29.1. The quantitative estimate of drug-likeness (QED) is 0.133. The average molecular weight is 627 g/mol. The largest absolute Gasteiger partial charge is 0.316 e. The fourth-order valence-electron chi connectivity index (χ4n) is 5.71. The number of rotatable bonds is 8. The monoisotopic (exact) mass is 626 g/mol. The van der Waals surface area contributed by atoms with E-state index >= 15 is 0 Å². The number of benzene rings is 5. The Labute approximate surface area is 281 Å². The van der Waals surface area contributed by atoms with Gasteiger partial charge >= 0.3 is 0 Å². The van der Waals surface area contributed by atoms with Gasteiger partial charge in [0.2, 0.25) is 11.9 Å². The number of aryl methyl sites for hydroxylation is 3. The van der Waals surface area contributed by atoms with E-state index in [0.29, 0.717) is 11.9 Å². The summed E-state index contributed by atoms with van der Waals surface area (Å²) in [5, 5.41) is 19.7. The Morgan fingerprint density at radius 1 is 0.532 bits per heavy atom. The van der Waals surface area contributed by atoms with Crippen LogP contribution in [0.1, 0.15) is 44.4 Å². The van der Waals surface area contributed by atoms with Gasteiger partial charge in [0.25, 0.3) is 0 Å². The summed E-state index contributed by atoms with van der Waals surface area (Å²) in [7, 11) is 3.92. The molecule has 6 nitrogen and oxygen atoms in total. The van der Waals surface area contributed by atoms with Crippen LogP contribution in [-0.4, -0.2) is 39.1 Å². The minimum atomic E-state index is 0.479. The molecule has 0 atom stereocenters. The normalized spacial score (nSPS) is 10.5. The van der Waals surface area contributed by atoms with E-state index in [1.54, 1.807) is 0 Å². The summed E-state index contributed by atoms with van der Waals surface area (Å²) in [4.78, 5) is 7.96. The highest BCUT2D eigenvalue weighted by Crippen LogP contribution is 2.28. The van der Waals surface area contributed by atoms with Crippen molar-refractivity contribution < 1.29 is 0 Å². The molecule has 0 aliphatic rings. The van der Waals surface area contributed by atoms with Crippen molar-refractivity contribution in [3.05, 3.63) is 132 Å². The van der Waals surface area contributed by atoms with E-state index in [1.807, 2.05) is 34.9 Å². The third-order valence-corrected chi connectivity index (χ3v) is 8.56. The predicted octanol–water partition coefficient (Wildman–Crippen LogP) is 9.75. The van der Waals surface area contributed by atoms with Crippen molar-refractivity contribution in [3.63, 3.8) is 0 Å². The maximum Gasteiger partial charge on any atom is 0.202 e. The van der Waals surface area contributed by atoms with Gasteiger partial charge < -0.3 is 19.6 Å². The maximum absolute atomic E-state index is 8.78. The Morgan fingerprint density at radius 2 is 1.02 bits per heavy atom. The third kappa shape index (κ3) is 8.39. The van der Waals surface area contributed by atoms with Gasteiger partial charge in [-0.15, -0.1) is 0 Å². The molecule has 0 heterocycles. The number of hydrogen-bond donors (Lipinski definition) is 2. The molecule has 0 unspecified atom stereocenters. The van der Waals surface area contributed by atoms with Gasteiger partial charge in [-0.2, -0.15) is 0 Å². The smallest absolute Gasteiger partial charge is 0.202 e. The number of fused-ring (bicyclic) bond motifs is 1. The molecule has 47 heavy (non-hydrogen) atoms. The van der Waals surface area contributed by atoms with Crippen LogP contribution in [0.2, 0.25) is 0 Å². The van der Waals surface area contributed by atoms with Crippen LogP contribution in [0.15, 0.2) is 115 Å². The van der Waals surface area contributed by atoms with E-state index in [-0.39, 0.29) is 0 Å². The Balaban J connectivity index is 0.000000215. The molecule has 244 valence electrons. The van der Waals surface area contributed by atoms with Gasteiger partial charge in [-0.1, -0.05) is 86.6 Å². The molecule has 0 amide bonds. The molecule has 0 radical (unpaired) electrons. The second-order valence-electron chi connectivity index (χ2n) is 11.6. The summed E-state index contributed by atoms with van der Waals surface area (Å²) in [5.74, 6) is 0.966. The lowest BCUT2D eigenvalue weighted by Gasteiger charge is -2.31. The van der Waals surface area contributed by atoms with E-state index in [1.165, 1.54) is 27.5 Å². The van der Waals surface area contributed by atoms with Gasteiger partial charge in [0, 0.05) is 49.6 Å². The van der Waals surface area contributed by atoms with Crippen molar-refractivity contribution in [2.45, 2.75) is 47.5 Å². The second kappa shape index (κ2) is 16.5. The minimum absolute atomic E-state index is 0.479. The molecule has 0 fully saturated rings. The average Bonchev–Trinajstić information content (AvgIpc) is 3.12. The molecule has 5 rings (SSSR count). The highest BCUT2D eigenvalue weighted by molar-refractivity contribution is 6.10. The summed E-state index contributed by atoms with van der Waals surface area (Å²) in [5.41, 5.74) is 8.01. The SMILES string of the molecule is CCc1cccc(N(C)C(=N)N(CC)c2cccc(C)c2)c1.CCc1cccc(N(C)C(=N)N(CC)c2cccc3ccccc23)c1. The standard InChI is InChI=1S/C22H25N3.C19H25N3/c1-4-17-10-8-13-19(16-17)24(3)22(23)25(5-2)21-15-9-12-18-11-6-7-14-20(18)21;1-5-16-10-8-11-17(14-16)21(4)19(20)22(6-2)18-12-7-9-15(3)13-18/h6-16,23H,4-5H2,1-3H3;7-14,20H,5-6H2,1-4H3. The van der Waals surface area contributed by atoms with Crippen molar-refractivity contribution in [2.24, 2.45) is 0 Å². The molecule has 0 saturated carbocycles. The van der Waals surface area contributed by atoms with Crippen LogP contribution in [0.5, 0.6) is 0 Å². The van der Waals surface area contributed by atoms with Crippen LogP contribution in [0.3, 0.4) is 0 Å². The molecular formula is C41H50N6. The summed E-state index contributed by atoms with van der Waals surface area (Å²) < 4.78 is 0. The van der Waals surface area contributed by atoms with Gasteiger partial charge in [-0.05, 0) is 98.2 Å². The first kappa shape index (κ1) is 34.8. The first-order chi connectivity index (χ1) is 22.7. The topological polar surface area (TPSA) is 60.7 Å². The minimum Gasteiger partial charge on any atom is -0.316 e. The van der Waals surface area contributed by atoms with Crippen LogP contribution in [0, 0.1) is 17.7 Å². The second-order valence-corrected chi connectivity index (χ2v) is 11.6.